The number of para-hydroxylation sites is 2. The quantitative estimate of drug-likeness (QED) is 0.621. The van der Waals surface area contributed by atoms with Gasteiger partial charge in [-0.05, 0) is 44.9 Å². The third-order valence-corrected chi connectivity index (χ3v) is 6.53. The van der Waals surface area contributed by atoms with Gasteiger partial charge >= 0.3 is 5.97 Å². The van der Waals surface area contributed by atoms with Crippen molar-refractivity contribution < 1.29 is 18.7 Å². The molecule has 2 aliphatic rings. The molecule has 30 heavy (non-hydrogen) atoms. The number of hydrogen-bond donors (Lipinski definition) is 0. The van der Waals surface area contributed by atoms with Gasteiger partial charge in [0.1, 0.15) is 17.6 Å². The first-order valence-electron chi connectivity index (χ1n) is 10.4. The van der Waals surface area contributed by atoms with Crippen LogP contribution in [0.5, 0.6) is 0 Å². The van der Waals surface area contributed by atoms with Gasteiger partial charge in [-0.3, -0.25) is 9.59 Å². The number of esters is 1. The topological polar surface area (TPSA) is 77.6 Å². The number of rotatable bonds is 3. The number of fused-ring (bicyclic) bond motifs is 1. The second-order valence-corrected chi connectivity index (χ2v) is 8.52. The van der Waals surface area contributed by atoms with Crippen molar-refractivity contribution in [2.24, 2.45) is 5.41 Å². The van der Waals surface area contributed by atoms with Crippen molar-refractivity contribution in [2.75, 3.05) is 13.1 Å². The second-order valence-electron chi connectivity index (χ2n) is 8.52. The van der Waals surface area contributed by atoms with Crippen LogP contribution >= 0.6 is 0 Å². The highest BCUT2D eigenvalue weighted by Gasteiger charge is 2.51. The highest BCUT2D eigenvalue weighted by Crippen LogP contribution is 2.44. The number of aromatic nitrogens is 2. The predicted molar refractivity (Wildman–Crippen MR) is 110 cm³/mol. The number of nitrogens with zero attached hydrogens (tertiary/aromatic N) is 3. The van der Waals surface area contributed by atoms with Crippen LogP contribution in [0, 0.1) is 19.3 Å². The maximum Gasteiger partial charge on any atom is 0.312 e. The Kier molecular flexibility index (Phi) is 4.41. The number of cyclic esters (lactones) is 1. The van der Waals surface area contributed by atoms with Crippen LogP contribution in [0.4, 0.5) is 0 Å². The number of carbonyl (C=O) groups excluding carboxylic acids is 2. The fraction of sp³-hybridized carbons (Fsp3) is 0.435. The maximum absolute atomic E-state index is 12.9. The third-order valence-electron chi connectivity index (χ3n) is 6.53. The summed E-state index contributed by atoms with van der Waals surface area (Å²) in [5, 5.41) is 0. The van der Waals surface area contributed by atoms with Crippen LogP contribution in [-0.4, -0.2) is 45.5 Å². The molecular weight excluding hydrogens is 382 g/mol. The number of ether oxygens (including phenoxy) is 1. The molecule has 2 aromatic heterocycles. The molecule has 5 rings (SSSR count). The number of piperidine rings is 1. The van der Waals surface area contributed by atoms with Gasteiger partial charge in [0.05, 0.1) is 34.9 Å². The zero-order valence-electron chi connectivity index (χ0n) is 17.3. The Morgan fingerprint density at radius 3 is 2.73 bits per heavy atom. The summed E-state index contributed by atoms with van der Waals surface area (Å²) in [4.78, 5) is 31.9. The van der Waals surface area contributed by atoms with Crippen LogP contribution in [0.15, 0.2) is 41.1 Å². The average Bonchev–Trinajstić information content (AvgIpc) is 3.38. The second kappa shape index (κ2) is 7.00. The predicted octanol–water partition coefficient (Wildman–Crippen LogP) is 3.48. The van der Waals surface area contributed by atoms with Crippen molar-refractivity contribution >= 4 is 22.9 Å². The molecule has 0 radical (unpaired) electrons. The first kappa shape index (κ1) is 18.9. The highest BCUT2D eigenvalue weighted by molar-refractivity contribution is 5.95. The van der Waals surface area contributed by atoms with Crippen LogP contribution in [0.25, 0.3) is 11.0 Å². The molecule has 2 fully saturated rings. The molecule has 0 saturated carbocycles. The number of benzene rings is 1. The van der Waals surface area contributed by atoms with Crippen LogP contribution in [0.1, 0.15) is 41.1 Å². The molecule has 2 saturated heterocycles. The van der Waals surface area contributed by atoms with E-state index in [4.69, 9.17) is 9.15 Å². The number of imidazole rings is 1. The van der Waals surface area contributed by atoms with Crippen LogP contribution in [0.2, 0.25) is 0 Å². The minimum atomic E-state index is -0.487. The molecule has 1 atom stereocenters. The maximum atomic E-state index is 12.9. The lowest BCUT2D eigenvalue weighted by Crippen LogP contribution is -2.45. The first-order valence-corrected chi connectivity index (χ1v) is 10.4. The number of likely N-dealkylation sites (tertiary alicyclic amines) is 1. The summed E-state index contributed by atoms with van der Waals surface area (Å²) in [7, 11) is 0. The number of amides is 1. The van der Waals surface area contributed by atoms with Gasteiger partial charge in [-0.25, -0.2) is 4.98 Å². The normalized spacial score (nSPS) is 20.8. The van der Waals surface area contributed by atoms with E-state index >= 15 is 0 Å². The molecule has 3 aromatic rings. The lowest BCUT2D eigenvalue weighted by molar-refractivity contribution is -0.150. The van der Waals surface area contributed by atoms with E-state index in [2.05, 4.69) is 9.55 Å². The Hall–Kier alpha value is -3.09. The van der Waals surface area contributed by atoms with E-state index in [0.717, 1.165) is 16.8 Å². The van der Waals surface area contributed by atoms with E-state index < -0.39 is 5.41 Å². The fourth-order valence-electron chi connectivity index (χ4n) is 4.87. The molecule has 2 aliphatic heterocycles. The lowest BCUT2D eigenvalue weighted by atomic mass is 9.76. The summed E-state index contributed by atoms with van der Waals surface area (Å²) in [6, 6.07) is 9.74. The monoisotopic (exact) mass is 407 g/mol. The van der Waals surface area contributed by atoms with Gasteiger partial charge in [-0.1, -0.05) is 12.1 Å². The number of carbonyl (C=O) groups is 2. The van der Waals surface area contributed by atoms with Gasteiger partial charge in [-0.15, -0.1) is 0 Å². The van der Waals surface area contributed by atoms with Crippen molar-refractivity contribution in [1.82, 2.24) is 14.5 Å². The largest absolute Gasteiger partial charge is 0.466 e. The van der Waals surface area contributed by atoms with Crippen molar-refractivity contribution in [3.63, 3.8) is 0 Å². The van der Waals surface area contributed by atoms with Crippen molar-refractivity contribution in [3.8, 4) is 0 Å². The van der Waals surface area contributed by atoms with Crippen LogP contribution in [0.3, 0.4) is 0 Å². The standard InChI is InChI=1S/C23H25N3O4/c1-15-11-18(16(2)29-15)21(27)25-9-7-23(8-10-25)12-17(30-22(23)28)13-26-14-24-19-5-3-4-6-20(19)26/h3-6,11,14,17H,7-10,12-13H2,1-2H3. The van der Waals surface area contributed by atoms with E-state index in [-0.39, 0.29) is 18.0 Å². The van der Waals surface area contributed by atoms with Gasteiger partial charge in [0.25, 0.3) is 5.91 Å². The molecule has 0 bridgehead atoms. The fourth-order valence-corrected chi connectivity index (χ4v) is 4.87. The molecule has 0 aliphatic carbocycles. The van der Waals surface area contributed by atoms with Gasteiger partial charge in [0, 0.05) is 19.5 Å². The zero-order valence-corrected chi connectivity index (χ0v) is 17.3. The van der Waals surface area contributed by atoms with E-state index in [9.17, 15) is 9.59 Å². The molecule has 7 heteroatoms. The van der Waals surface area contributed by atoms with E-state index in [1.165, 1.54) is 0 Å². The molecule has 4 heterocycles. The first-order chi connectivity index (χ1) is 14.4. The smallest absolute Gasteiger partial charge is 0.312 e. The lowest BCUT2D eigenvalue weighted by Gasteiger charge is -2.36. The highest BCUT2D eigenvalue weighted by atomic mass is 16.6. The minimum Gasteiger partial charge on any atom is -0.466 e. The molecule has 0 N–H and O–H groups in total. The Morgan fingerprint density at radius 1 is 1.23 bits per heavy atom. The Morgan fingerprint density at radius 2 is 2.00 bits per heavy atom. The van der Waals surface area contributed by atoms with E-state index in [1.54, 1.807) is 12.4 Å². The van der Waals surface area contributed by atoms with Gasteiger partial charge in [0.15, 0.2) is 0 Å². The molecule has 1 unspecified atom stereocenters. The van der Waals surface area contributed by atoms with Crippen molar-refractivity contribution in [3.05, 3.63) is 53.7 Å². The van der Waals surface area contributed by atoms with Gasteiger partial charge in [-0.2, -0.15) is 0 Å². The summed E-state index contributed by atoms with van der Waals surface area (Å²) >= 11 is 0. The van der Waals surface area contributed by atoms with Crippen LogP contribution < -0.4 is 0 Å². The van der Waals surface area contributed by atoms with Gasteiger partial charge < -0.3 is 18.6 Å². The van der Waals surface area contributed by atoms with E-state index in [0.29, 0.717) is 50.2 Å². The molecule has 7 nitrogen and oxygen atoms in total. The summed E-state index contributed by atoms with van der Waals surface area (Å²) in [5.41, 5.74) is 2.11. The number of aryl methyl sites for hydroxylation is 2. The number of hydrogen-bond acceptors (Lipinski definition) is 5. The van der Waals surface area contributed by atoms with Gasteiger partial charge in [0.2, 0.25) is 0 Å². The SMILES string of the molecule is Cc1cc(C(=O)N2CCC3(CC2)CC(Cn2cnc4ccccc42)OC3=O)c(C)o1. The summed E-state index contributed by atoms with van der Waals surface area (Å²) in [6.45, 7) is 5.36. The van der Waals surface area contributed by atoms with E-state index in [1.807, 2.05) is 43.0 Å². The molecular formula is C23H25N3O4. The third kappa shape index (κ3) is 3.09. The van der Waals surface area contributed by atoms with Crippen LogP contribution in [-0.2, 0) is 16.1 Å². The Balaban J connectivity index is 1.26. The minimum absolute atomic E-state index is 0.0213. The molecule has 156 valence electrons. The summed E-state index contributed by atoms with van der Waals surface area (Å²) in [6.07, 6.45) is 3.59. The summed E-state index contributed by atoms with van der Waals surface area (Å²) < 4.78 is 13.3. The zero-order chi connectivity index (χ0) is 20.9. The Bertz CT molecular complexity index is 1120. The van der Waals surface area contributed by atoms with Crippen molar-refractivity contribution in [2.45, 2.75) is 45.8 Å². The molecule has 1 amide bonds. The molecule has 1 spiro atoms. The van der Waals surface area contributed by atoms with Crippen molar-refractivity contribution in [1.29, 1.82) is 0 Å². The Labute approximate surface area is 174 Å². The molecule has 1 aromatic carbocycles. The summed E-state index contributed by atoms with van der Waals surface area (Å²) in [5.74, 6) is 1.23. The average molecular weight is 407 g/mol. The number of furan rings is 1.